The van der Waals surface area contributed by atoms with Crippen molar-refractivity contribution >= 4 is 23.9 Å². The summed E-state index contributed by atoms with van der Waals surface area (Å²) in [5, 5.41) is 12.8. The zero-order valence-corrected chi connectivity index (χ0v) is 19.1. The summed E-state index contributed by atoms with van der Waals surface area (Å²) < 4.78 is 54.7. The van der Waals surface area contributed by atoms with E-state index in [1.807, 2.05) is 5.32 Å². The second kappa shape index (κ2) is 12.2. The van der Waals surface area contributed by atoms with Crippen LogP contribution in [0, 0.1) is 5.92 Å². The molecule has 1 unspecified atom stereocenters. The molecule has 0 radical (unpaired) electrons. The third-order valence-electron chi connectivity index (χ3n) is 5.31. The lowest BCUT2D eigenvalue weighted by atomic mass is 10.1. The number of urea groups is 1. The molecular weight excluding hydrogens is 501 g/mol. The highest BCUT2D eigenvalue weighted by atomic mass is 19.4. The number of carboxylic acids is 1. The van der Waals surface area contributed by atoms with Crippen molar-refractivity contribution < 1.29 is 51.7 Å². The van der Waals surface area contributed by atoms with E-state index in [2.05, 4.69) is 5.32 Å². The Balaban J connectivity index is 1.62. The third-order valence-corrected chi connectivity index (χ3v) is 5.31. The molecule has 1 aliphatic rings. The largest absolute Gasteiger partial charge is 0.481 e. The highest BCUT2D eigenvalue weighted by molar-refractivity contribution is 5.90. The predicted octanol–water partition coefficient (Wildman–Crippen LogP) is 2.75. The number of rotatable bonds is 9. The van der Waals surface area contributed by atoms with E-state index in [0.29, 0.717) is 0 Å². The average molecular weight is 524 g/mol. The van der Waals surface area contributed by atoms with Gasteiger partial charge in [0.15, 0.2) is 5.92 Å². The van der Waals surface area contributed by atoms with Gasteiger partial charge in [-0.2, -0.15) is 13.2 Å². The zero-order valence-electron chi connectivity index (χ0n) is 19.1. The van der Waals surface area contributed by atoms with Crippen molar-refractivity contribution in [3.63, 3.8) is 0 Å². The van der Waals surface area contributed by atoms with Gasteiger partial charge in [0.2, 0.25) is 0 Å². The Hall–Kier alpha value is -4.13. The minimum atomic E-state index is -5.06. The molecule has 13 heteroatoms. The third kappa shape index (κ3) is 7.93. The van der Waals surface area contributed by atoms with Crippen LogP contribution >= 0.6 is 0 Å². The molecule has 3 rings (SSSR count). The maximum Gasteiger partial charge on any atom is 0.403 e. The van der Waals surface area contributed by atoms with Crippen LogP contribution in [-0.2, 0) is 19.0 Å². The van der Waals surface area contributed by atoms with E-state index < -0.39 is 61.0 Å². The average Bonchev–Trinajstić information content (AvgIpc) is 3.23. The fourth-order valence-electron chi connectivity index (χ4n) is 3.41. The molecule has 3 N–H and O–H groups in total. The molecule has 2 aromatic carbocycles. The summed E-state index contributed by atoms with van der Waals surface area (Å²) in [5.74, 6) is -6.31. The van der Waals surface area contributed by atoms with Gasteiger partial charge in [-0.05, 0) is 24.3 Å². The van der Waals surface area contributed by atoms with Crippen molar-refractivity contribution in [2.45, 2.75) is 31.0 Å². The number of carbonyl (C=O) groups excluding carboxylic acids is 3. The van der Waals surface area contributed by atoms with Crippen LogP contribution in [-0.4, -0.2) is 66.8 Å². The second-order valence-electron chi connectivity index (χ2n) is 7.96. The Bertz CT molecular complexity index is 1100. The smallest absolute Gasteiger partial charge is 0.403 e. The molecule has 0 bridgehead atoms. The summed E-state index contributed by atoms with van der Waals surface area (Å²) in [7, 11) is 0. The minimum absolute atomic E-state index is 0.110. The summed E-state index contributed by atoms with van der Waals surface area (Å²) in [4.78, 5) is 47.8. The lowest BCUT2D eigenvalue weighted by Crippen LogP contribution is -2.47. The number of nitrogens with one attached hydrogen (secondary N) is 2. The van der Waals surface area contributed by atoms with Crippen LogP contribution in [0.2, 0.25) is 0 Å². The molecule has 2 aromatic rings. The Labute approximate surface area is 208 Å². The molecule has 1 saturated heterocycles. The number of benzene rings is 2. The molecule has 0 saturated carbocycles. The minimum Gasteiger partial charge on any atom is -0.481 e. The van der Waals surface area contributed by atoms with Crippen LogP contribution in [0.5, 0.6) is 0 Å². The van der Waals surface area contributed by atoms with Crippen molar-refractivity contribution in [2.75, 3.05) is 13.2 Å². The molecule has 37 heavy (non-hydrogen) atoms. The van der Waals surface area contributed by atoms with Gasteiger partial charge >= 0.3 is 30.1 Å². The molecule has 2 amide bonds. The van der Waals surface area contributed by atoms with E-state index in [4.69, 9.17) is 19.3 Å². The van der Waals surface area contributed by atoms with E-state index in [1.165, 1.54) is 24.3 Å². The normalized spacial score (nSPS) is 19.9. The van der Waals surface area contributed by atoms with Gasteiger partial charge in [0.05, 0.1) is 11.1 Å². The molecule has 1 heterocycles. The molecule has 198 valence electrons. The van der Waals surface area contributed by atoms with Gasteiger partial charge in [-0.3, -0.25) is 4.79 Å². The zero-order chi connectivity index (χ0) is 27.0. The number of carbonyl (C=O) groups is 4. The van der Waals surface area contributed by atoms with E-state index >= 15 is 0 Å². The van der Waals surface area contributed by atoms with Gasteiger partial charge in [0.1, 0.15) is 25.0 Å². The van der Waals surface area contributed by atoms with Crippen LogP contribution in [0.3, 0.4) is 0 Å². The van der Waals surface area contributed by atoms with Crippen LogP contribution in [0.1, 0.15) is 27.1 Å². The maximum absolute atomic E-state index is 12.8. The van der Waals surface area contributed by atoms with E-state index in [1.54, 1.807) is 36.4 Å². The van der Waals surface area contributed by atoms with Gasteiger partial charge in [-0.15, -0.1) is 0 Å². The Morgan fingerprint density at radius 2 is 1.54 bits per heavy atom. The summed E-state index contributed by atoms with van der Waals surface area (Å²) in [5.41, 5.74) is 0.508. The fourth-order valence-corrected chi connectivity index (χ4v) is 3.41. The Morgan fingerprint density at radius 3 is 2.08 bits per heavy atom. The van der Waals surface area contributed by atoms with Crippen molar-refractivity contribution in [1.82, 2.24) is 10.6 Å². The summed E-state index contributed by atoms with van der Waals surface area (Å²) in [6.07, 6.45) is -8.30. The molecule has 0 aromatic heterocycles. The first kappa shape index (κ1) is 27.5. The number of alkyl halides is 3. The monoisotopic (exact) mass is 524 g/mol. The van der Waals surface area contributed by atoms with Crippen molar-refractivity contribution in [1.29, 1.82) is 0 Å². The topological polar surface area (TPSA) is 140 Å². The molecular formula is C24H23F3N2O8. The molecule has 1 aliphatic heterocycles. The maximum atomic E-state index is 12.8. The summed E-state index contributed by atoms with van der Waals surface area (Å²) in [6, 6.07) is 14.9. The van der Waals surface area contributed by atoms with Gasteiger partial charge in [-0.1, -0.05) is 36.4 Å². The van der Waals surface area contributed by atoms with Crippen molar-refractivity contribution in [3.8, 4) is 0 Å². The second-order valence-corrected chi connectivity index (χ2v) is 7.96. The van der Waals surface area contributed by atoms with Gasteiger partial charge in [-0.25, -0.2) is 14.4 Å². The number of carboxylic acid groups (broad SMARTS) is 1. The van der Waals surface area contributed by atoms with Crippen LogP contribution in [0.4, 0.5) is 18.0 Å². The SMILES string of the molecule is O=C(NCC(C(=O)O)C(F)(F)F)N[C@H]1C[C@H](OC(=O)c2ccccc2)[C@@H](COC(=O)c2ccccc2)O1. The van der Waals surface area contributed by atoms with Gasteiger partial charge in [0, 0.05) is 13.0 Å². The summed E-state index contributed by atoms with van der Waals surface area (Å²) >= 11 is 0. The van der Waals surface area contributed by atoms with Crippen LogP contribution in [0.25, 0.3) is 0 Å². The van der Waals surface area contributed by atoms with E-state index in [9.17, 15) is 32.3 Å². The van der Waals surface area contributed by atoms with E-state index in [-0.39, 0.29) is 24.2 Å². The Morgan fingerprint density at radius 1 is 0.973 bits per heavy atom. The number of hydrogen-bond donors (Lipinski definition) is 3. The highest BCUT2D eigenvalue weighted by Gasteiger charge is 2.45. The lowest BCUT2D eigenvalue weighted by Gasteiger charge is -2.19. The first-order valence-corrected chi connectivity index (χ1v) is 11.0. The number of aliphatic carboxylic acids is 1. The highest BCUT2D eigenvalue weighted by Crippen LogP contribution is 2.26. The van der Waals surface area contributed by atoms with Gasteiger partial charge < -0.3 is 30.0 Å². The molecule has 10 nitrogen and oxygen atoms in total. The summed E-state index contributed by atoms with van der Waals surface area (Å²) in [6.45, 7) is -1.56. The first-order chi connectivity index (χ1) is 17.5. The quantitative estimate of drug-likeness (QED) is 0.426. The Kier molecular flexibility index (Phi) is 9.06. The fraction of sp³-hybridized carbons (Fsp3) is 0.333. The number of hydrogen-bond acceptors (Lipinski definition) is 7. The molecule has 0 spiro atoms. The number of halogens is 3. The predicted molar refractivity (Wildman–Crippen MR) is 119 cm³/mol. The van der Waals surface area contributed by atoms with Gasteiger partial charge in [0.25, 0.3) is 0 Å². The lowest BCUT2D eigenvalue weighted by molar-refractivity contribution is -0.192. The molecule has 1 fully saturated rings. The number of esters is 2. The molecule has 0 aliphatic carbocycles. The van der Waals surface area contributed by atoms with Crippen molar-refractivity contribution in [3.05, 3.63) is 71.8 Å². The molecule has 4 atom stereocenters. The van der Waals surface area contributed by atoms with Crippen LogP contribution < -0.4 is 10.6 Å². The van der Waals surface area contributed by atoms with E-state index in [0.717, 1.165) is 0 Å². The first-order valence-electron chi connectivity index (χ1n) is 11.0. The number of ether oxygens (including phenoxy) is 3. The van der Waals surface area contributed by atoms with Crippen molar-refractivity contribution in [2.24, 2.45) is 5.92 Å². The standard InChI is InChI=1S/C24H23F3N2O8/c25-24(26,27)16(20(30)31)12-28-23(34)29-19-11-17(37-22(33)15-9-5-2-6-10-15)18(36-19)13-35-21(32)14-7-3-1-4-8-14/h1-10,16-19H,11-13H2,(H,30,31)(H2,28,29,34)/t16?,17-,18+,19+/m0/s1. The number of amides is 2. The van der Waals surface area contributed by atoms with Crippen LogP contribution in [0.15, 0.2) is 60.7 Å².